The molecule has 1 aliphatic rings. The van der Waals surface area contributed by atoms with E-state index in [0.29, 0.717) is 18.8 Å². The number of Topliss-reactive ketones (excluding diaryl/α,β-unsaturated/α-hetero) is 1. The maximum Gasteiger partial charge on any atom is 0.259 e. The topological polar surface area (TPSA) is 86.6 Å². The SMILES string of the molecule is C/C=C/C[C@@H](C)C[C@@H](C)/C(O)=C1\C(=O)N[C@@H](Cc2ccc(O)cc2)C1=O. The van der Waals surface area contributed by atoms with Crippen molar-refractivity contribution in [3.05, 3.63) is 53.3 Å². The predicted molar refractivity (Wildman–Crippen MR) is 101 cm³/mol. The molecule has 26 heavy (non-hydrogen) atoms. The third-order valence-electron chi connectivity index (χ3n) is 4.72. The van der Waals surface area contributed by atoms with Gasteiger partial charge in [0.25, 0.3) is 5.91 Å². The molecule has 0 radical (unpaired) electrons. The van der Waals surface area contributed by atoms with Crippen molar-refractivity contribution in [3.63, 3.8) is 0 Å². The molecular weight excluding hydrogens is 330 g/mol. The minimum absolute atomic E-state index is 0.112. The zero-order chi connectivity index (χ0) is 19.3. The maximum absolute atomic E-state index is 12.6. The smallest absolute Gasteiger partial charge is 0.259 e. The maximum atomic E-state index is 12.6. The summed E-state index contributed by atoms with van der Waals surface area (Å²) >= 11 is 0. The Labute approximate surface area is 154 Å². The molecule has 1 saturated heterocycles. The summed E-state index contributed by atoms with van der Waals surface area (Å²) in [6.45, 7) is 5.88. The Balaban J connectivity index is 2.10. The fourth-order valence-electron chi connectivity index (χ4n) is 3.26. The predicted octanol–water partition coefficient (Wildman–Crippen LogP) is 3.44. The van der Waals surface area contributed by atoms with Crippen LogP contribution in [0.2, 0.25) is 0 Å². The van der Waals surface area contributed by atoms with E-state index in [4.69, 9.17) is 0 Å². The Morgan fingerprint density at radius 1 is 1.23 bits per heavy atom. The van der Waals surface area contributed by atoms with Crippen LogP contribution < -0.4 is 5.32 Å². The van der Waals surface area contributed by atoms with Crippen molar-refractivity contribution in [3.8, 4) is 5.75 Å². The molecule has 0 spiro atoms. The first kappa shape index (κ1) is 19.8. The monoisotopic (exact) mass is 357 g/mol. The van der Waals surface area contributed by atoms with Gasteiger partial charge in [-0.3, -0.25) is 9.59 Å². The highest BCUT2D eigenvalue weighted by Crippen LogP contribution is 2.26. The number of ketones is 1. The van der Waals surface area contributed by atoms with Gasteiger partial charge >= 0.3 is 0 Å². The van der Waals surface area contributed by atoms with Crippen LogP contribution in [0.4, 0.5) is 0 Å². The van der Waals surface area contributed by atoms with Crippen molar-refractivity contribution in [2.24, 2.45) is 11.8 Å². The van der Waals surface area contributed by atoms with Crippen LogP contribution in [0.3, 0.4) is 0 Å². The van der Waals surface area contributed by atoms with E-state index in [-0.39, 0.29) is 28.8 Å². The fraction of sp³-hybridized carbons (Fsp3) is 0.429. The van der Waals surface area contributed by atoms with E-state index in [1.807, 2.05) is 19.9 Å². The average Bonchev–Trinajstić information content (AvgIpc) is 2.88. The molecule has 1 heterocycles. The van der Waals surface area contributed by atoms with E-state index < -0.39 is 11.9 Å². The largest absolute Gasteiger partial charge is 0.511 e. The van der Waals surface area contributed by atoms with Gasteiger partial charge in [-0.15, -0.1) is 0 Å². The molecule has 0 saturated carbocycles. The molecule has 1 fully saturated rings. The van der Waals surface area contributed by atoms with Gasteiger partial charge in [-0.2, -0.15) is 0 Å². The number of phenolic OH excluding ortho intramolecular Hbond substituents is 1. The van der Waals surface area contributed by atoms with Crippen LogP contribution in [0.15, 0.2) is 47.7 Å². The van der Waals surface area contributed by atoms with Gasteiger partial charge in [-0.05, 0) is 43.4 Å². The van der Waals surface area contributed by atoms with Crippen LogP contribution in [0.1, 0.15) is 39.2 Å². The molecule has 2 rings (SSSR count). The number of carbonyl (C=O) groups is 2. The number of aromatic hydroxyl groups is 1. The number of amides is 1. The summed E-state index contributed by atoms with van der Waals surface area (Å²) in [4.78, 5) is 24.9. The second kappa shape index (κ2) is 8.70. The summed E-state index contributed by atoms with van der Waals surface area (Å²) in [5.41, 5.74) is 0.717. The van der Waals surface area contributed by atoms with Crippen molar-refractivity contribution in [1.29, 1.82) is 0 Å². The number of phenols is 1. The van der Waals surface area contributed by atoms with Crippen LogP contribution in [-0.2, 0) is 16.0 Å². The molecule has 1 aliphatic heterocycles. The third-order valence-corrected chi connectivity index (χ3v) is 4.72. The molecule has 1 aromatic carbocycles. The summed E-state index contributed by atoms with van der Waals surface area (Å²) in [5.74, 6) is -0.760. The van der Waals surface area contributed by atoms with E-state index in [1.165, 1.54) is 0 Å². The standard InChI is InChI=1S/C21H27NO4/c1-4-5-6-13(2)11-14(3)19(24)18-20(25)17(22-21(18)26)12-15-7-9-16(23)10-8-15/h4-5,7-10,13-14,17,23-24H,6,11-12H2,1-3H3,(H,22,26)/b5-4+,19-18+/t13-,14-,17+/m1/s1. The van der Waals surface area contributed by atoms with Crippen LogP contribution >= 0.6 is 0 Å². The lowest BCUT2D eigenvalue weighted by molar-refractivity contribution is -0.117. The van der Waals surface area contributed by atoms with Crippen LogP contribution in [-0.4, -0.2) is 27.9 Å². The van der Waals surface area contributed by atoms with Gasteiger partial charge in [-0.1, -0.05) is 38.1 Å². The molecule has 0 unspecified atom stereocenters. The number of benzene rings is 1. The number of rotatable bonds is 7. The molecule has 3 N–H and O–H groups in total. The Hall–Kier alpha value is -2.56. The van der Waals surface area contributed by atoms with E-state index in [2.05, 4.69) is 18.3 Å². The Morgan fingerprint density at radius 2 is 1.88 bits per heavy atom. The van der Waals surface area contributed by atoms with Crippen LogP contribution in [0.5, 0.6) is 5.75 Å². The highest BCUT2D eigenvalue weighted by atomic mass is 16.3. The zero-order valence-corrected chi connectivity index (χ0v) is 15.5. The van der Waals surface area contributed by atoms with Gasteiger partial charge in [0, 0.05) is 12.3 Å². The van der Waals surface area contributed by atoms with Crippen LogP contribution in [0.25, 0.3) is 0 Å². The summed E-state index contributed by atoms with van der Waals surface area (Å²) in [7, 11) is 0. The lowest BCUT2D eigenvalue weighted by Crippen LogP contribution is -2.31. The minimum Gasteiger partial charge on any atom is -0.511 e. The first-order valence-electron chi connectivity index (χ1n) is 9.00. The summed E-state index contributed by atoms with van der Waals surface area (Å²) in [5, 5.41) is 22.5. The number of hydrogen-bond donors (Lipinski definition) is 3. The number of hydrogen-bond acceptors (Lipinski definition) is 4. The highest BCUT2D eigenvalue weighted by molar-refractivity contribution is 6.26. The Bertz CT molecular complexity index is 718. The van der Waals surface area contributed by atoms with E-state index >= 15 is 0 Å². The van der Waals surface area contributed by atoms with Gasteiger partial charge < -0.3 is 15.5 Å². The number of aliphatic hydroxyl groups is 1. The van der Waals surface area contributed by atoms with Gasteiger partial charge in [0.1, 0.15) is 17.1 Å². The quantitative estimate of drug-likeness (QED) is 0.302. The number of aliphatic hydroxyl groups excluding tert-OH is 1. The molecule has 1 aromatic rings. The second-order valence-corrected chi connectivity index (χ2v) is 7.07. The number of carbonyl (C=O) groups excluding carboxylic acids is 2. The van der Waals surface area contributed by atoms with Crippen molar-refractivity contribution in [1.82, 2.24) is 5.32 Å². The minimum atomic E-state index is -0.683. The van der Waals surface area contributed by atoms with E-state index in [0.717, 1.165) is 12.0 Å². The zero-order valence-electron chi connectivity index (χ0n) is 15.5. The molecule has 5 nitrogen and oxygen atoms in total. The van der Waals surface area contributed by atoms with Crippen molar-refractivity contribution < 1.29 is 19.8 Å². The first-order chi connectivity index (χ1) is 12.3. The molecule has 5 heteroatoms. The van der Waals surface area contributed by atoms with Crippen molar-refractivity contribution in [2.45, 2.75) is 46.1 Å². The Kier molecular flexibility index (Phi) is 6.61. The Morgan fingerprint density at radius 3 is 2.50 bits per heavy atom. The van der Waals surface area contributed by atoms with Gasteiger partial charge in [0.2, 0.25) is 0 Å². The van der Waals surface area contributed by atoms with Gasteiger partial charge in [0.15, 0.2) is 5.78 Å². The summed E-state index contributed by atoms with van der Waals surface area (Å²) in [6.07, 6.45) is 5.98. The highest BCUT2D eigenvalue weighted by Gasteiger charge is 2.39. The molecule has 0 bridgehead atoms. The van der Waals surface area contributed by atoms with E-state index in [1.54, 1.807) is 24.3 Å². The van der Waals surface area contributed by atoms with Gasteiger partial charge in [0.05, 0.1) is 6.04 Å². The fourth-order valence-corrected chi connectivity index (χ4v) is 3.26. The average molecular weight is 357 g/mol. The lowest BCUT2D eigenvalue weighted by Gasteiger charge is -2.16. The summed E-state index contributed by atoms with van der Waals surface area (Å²) < 4.78 is 0. The van der Waals surface area contributed by atoms with Crippen molar-refractivity contribution in [2.75, 3.05) is 0 Å². The normalized spacial score (nSPS) is 21.7. The van der Waals surface area contributed by atoms with Gasteiger partial charge in [-0.25, -0.2) is 0 Å². The molecule has 3 atom stereocenters. The number of allylic oxidation sites excluding steroid dienone is 3. The molecule has 0 aliphatic carbocycles. The number of nitrogens with one attached hydrogen (secondary N) is 1. The summed E-state index contributed by atoms with van der Waals surface area (Å²) in [6, 6.07) is 5.82. The third kappa shape index (κ3) is 4.75. The van der Waals surface area contributed by atoms with E-state index in [9.17, 15) is 19.8 Å². The van der Waals surface area contributed by atoms with Crippen molar-refractivity contribution >= 4 is 11.7 Å². The lowest BCUT2D eigenvalue weighted by atomic mass is 9.90. The molecular formula is C21H27NO4. The van der Waals surface area contributed by atoms with Crippen LogP contribution in [0, 0.1) is 11.8 Å². The molecule has 140 valence electrons. The second-order valence-electron chi connectivity index (χ2n) is 7.07. The molecule has 1 amide bonds. The first-order valence-corrected chi connectivity index (χ1v) is 9.00. The molecule has 0 aromatic heterocycles.